The average molecular weight is 791 g/mol. The molecule has 1 aliphatic heterocycles. The molecule has 3 fully saturated rings. The van der Waals surface area contributed by atoms with Gasteiger partial charge in [-0.15, -0.1) is 0 Å². The first-order chi connectivity index (χ1) is 22.6. The summed E-state index contributed by atoms with van der Waals surface area (Å²) >= 11 is 2.03. The predicted octanol–water partition coefficient (Wildman–Crippen LogP) is 2.70. The molecule has 0 bridgehead atoms. The van der Waals surface area contributed by atoms with E-state index in [1.54, 1.807) is 19.2 Å². The first kappa shape index (κ1) is 34.3. The zero-order chi connectivity index (χ0) is 34.6. The van der Waals surface area contributed by atoms with Crippen molar-refractivity contribution >= 4 is 61.2 Å². The molecule has 5 atom stereocenters. The van der Waals surface area contributed by atoms with E-state index in [0.717, 1.165) is 5.56 Å². The number of amides is 3. The van der Waals surface area contributed by atoms with Crippen molar-refractivity contribution in [2.45, 2.75) is 79.4 Å². The Balaban J connectivity index is 1.30. The van der Waals surface area contributed by atoms with E-state index < -0.39 is 62.1 Å². The summed E-state index contributed by atoms with van der Waals surface area (Å²) in [6.07, 6.45) is 0.634. The lowest BCUT2D eigenvalue weighted by Gasteiger charge is -2.33. The normalized spacial score (nSPS) is 24.5. The molecule has 0 spiro atoms. The number of aromatic nitrogens is 2. The number of nitrogens with zero attached hydrogens (tertiary/aromatic N) is 3. The van der Waals surface area contributed by atoms with Crippen molar-refractivity contribution in [1.82, 2.24) is 24.9 Å². The minimum absolute atomic E-state index is 0.0275. The molecular weight excluding hydrogens is 751 g/mol. The van der Waals surface area contributed by atoms with Crippen LogP contribution in [0.5, 0.6) is 11.6 Å². The van der Waals surface area contributed by atoms with E-state index in [1.807, 2.05) is 79.8 Å². The first-order valence-corrected chi connectivity index (χ1v) is 18.6. The van der Waals surface area contributed by atoms with Crippen molar-refractivity contribution in [3.05, 3.63) is 48.5 Å². The van der Waals surface area contributed by atoms with Crippen molar-refractivity contribution in [3.8, 4) is 23.0 Å². The third kappa shape index (κ3) is 6.81. The van der Waals surface area contributed by atoms with Crippen LogP contribution in [0, 0.1) is 5.41 Å². The van der Waals surface area contributed by atoms with Crippen LogP contribution >= 0.6 is 22.6 Å². The van der Waals surface area contributed by atoms with Crippen molar-refractivity contribution in [1.29, 1.82) is 0 Å². The first-order valence-electron chi connectivity index (χ1n) is 15.8. The number of carbonyl (C=O) groups is 3. The Kier molecular flexibility index (Phi) is 9.08. The predicted molar refractivity (Wildman–Crippen MR) is 187 cm³/mol. The highest BCUT2D eigenvalue weighted by molar-refractivity contribution is 14.1. The maximum atomic E-state index is 14.0. The van der Waals surface area contributed by atoms with Crippen molar-refractivity contribution in [2.75, 3.05) is 13.7 Å². The highest BCUT2D eigenvalue weighted by Crippen LogP contribution is 2.44. The van der Waals surface area contributed by atoms with Crippen molar-refractivity contribution < 1.29 is 32.3 Å². The molecule has 3 aromatic rings. The number of alkyl halides is 1. The molecule has 2 saturated carbocycles. The summed E-state index contributed by atoms with van der Waals surface area (Å²) in [5.74, 6) is -0.532. The van der Waals surface area contributed by atoms with E-state index >= 15 is 0 Å². The molecule has 3 amide bonds. The molecule has 1 aromatic heterocycles. The van der Waals surface area contributed by atoms with Crippen molar-refractivity contribution in [3.63, 3.8) is 0 Å². The molecule has 6 rings (SSSR count). The lowest BCUT2D eigenvalue weighted by atomic mass is 9.86. The van der Waals surface area contributed by atoms with Gasteiger partial charge in [-0.25, -0.2) is 13.4 Å². The quantitative estimate of drug-likeness (QED) is 0.204. The summed E-state index contributed by atoms with van der Waals surface area (Å²) in [6, 6.07) is 12.8. The van der Waals surface area contributed by atoms with E-state index in [0.29, 0.717) is 35.3 Å². The number of nitrogens with one attached hydrogen (secondary N) is 2. The number of ether oxygens (including phenoxy) is 2. The number of benzene rings is 2. The van der Waals surface area contributed by atoms with Gasteiger partial charge < -0.3 is 25.4 Å². The van der Waals surface area contributed by atoms with Crippen LogP contribution in [0.1, 0.15) is 46.5 Å². The Hall–Kier alpha value is -3.57. The maximum absolute atomic E-state index is 14.0. The number of sulfonamides is 1. The smallest absolute Gasteiger partial charge is 0.260 e. The Morgan fingerprint density at radius 1 is 1.10 bits per heavy atom. The Labute approximate surface area is 292 Å². The number of methoxy groups -OCH3 is 1. The van der Waals surface area contributed by atoms with Gasteiger partial charge in [0.2, 0.25) is 27.7 Å². The van der Waals surface area contributed by atoms with Crippen molar-refractivity contribution in [2.24, 2.45) is 11.1 Å². The molecule has 3 aliphatic rings. The molecule has 1 saturated heterocycles. The van der Waals surface area contributed by atoms with Gasteiger partial charge in [-0.3, -0.25) is 19.1 Å². The number of hydrogen-bond donors (Lipinski definition) is 3. The number of hydrogen-bond acceptors (Lipinski definition) is 10. The third-order valence-electron chi connectivity index (χ3n) is 9.05. The SMILES string of the molecule is COc1ccc2nc(-c3ccccc3)nc(O[C@@H]3CC(C(=O)N[C@]4(C(=O)NS(=O)(=O)C5CC5)C[C@H]4I)N(C(=O)[C@@H](N)C(C)(C)C)C3)c2c1. The van der Waals surface area contributed by atoms with E-state index in [4.69, 9.17) is 25.2 Å². The summed E-state index contributed by atoms with van der Waals surface area (Å²) in [5.41, 5.74) is 5.78. The summed E-state index contributed by atoms with van der Waals surface area (Å²) in [5, 5.41) is 2.80. The summed E-state index contributed by atoms with van der Waals surface area (Å²) in [4.78, 5) is 52.0. The second-order valence-electron chi connectivity index (χ2n) is 13.7. The molecule has 0 radical (unpaired) electrons. The number of carbonyl (C=O) groups excluding carboxylic acids is 3. The number of likely N-dealkylation sites (tertiary alicyclic amines) is 1. The lowest BCUT2D eigenvalue weighted by Crippen LogP contribution is -2.59. The van der Waals surface area contributed by atoms with Gasteiger partial charge in [0.25, 0.3) is 5.91 Å². The molecule has 13 nitrogen and oxygen atoms in total. The molecule has 48 heavy (non-hydrogen) atoms. The van der Waals surface area contributed by atoms with Crippen LogP contribution in [0.25, 0.3) is 22.3 Å². The summed E-state index contributed by atoms with van der Waals surface area (Å²) in [7, 11) is -2.27. The fourth-order valence-electron chi connectivity index (χ4n) is 5.72. The van der Waals surface area contributed by atoms with Gasteiger partial charge in [0.05, 0.1) is 35.8 Å². The average Bonchev–Trinajstić information content (AvgIpc) is 3.97. The Bertz CT molecular complexity index is 1870. The molecule has 2 heterocycles. The number of rotatable bonds is 10. The molecule has 1 unspecified atom stereocenters. The number of fused-ring (bicyclic) bond motifs is 1. The summed E-state index contributed by atoms with van der Waals surface area (Å²) in [6.45, 7) is 5.54. The largest absolute Gasteiger partial charge is 0.497 e. The minimum atomic E-state index is -3.83. The van der Waals surface area contributed by atoms with Gasteiger partial charge in [0, 0.05) is 15.9 Å². The van der Waals surface area contributed by atoms with Gasteiger partial charge in [-0.2, -0.15) is 4.98 Å². The van der Waals surface area contributed by atoms with Gasteiger partial charge in [-0.1, -0.05) is 73.7 Å². The van der Waals surface area contributed by atoms with Crippen LogP contribution in [-0.2, 0) is 24.4 Å². The van der Waals surface area contributed by atoms with Gasteiger partial charge in [0.1, 0.15) is 23.4 Å². The zero-order valence-corrected chi connectivity index (χ0v) is 30.1. The van der Waals surface area contributed by atoms with E-state index in [-0.39, 0.29) is 29.2 Å². The zero-order valence-electron chi connectivity index (χ0n) is 27.1. The van der Waals surface area contributed by atoms with Crippen LogP contribution < -0.4 is 25.2 Å². The Morgan fingerprint density at radius 2 is 1.79 bits per heavy atom. The van der Waals surface area contributed by atoms with E-state index in [1.165, 1.54) is 4.90 Å². The second-order valence-corrected chi connectivity index (χ2v) is 17.2. The maximum Gasteiger partial charge on any atom is 0.260 e. The number of nitrogens with two attached hydrogens (primary N) is 1. The Morgan fingerprint density at radius 3 is 2.40 bits per heavy atom. The van der Waals surface area contributed by atoms with E-state index in [9.17, 15) is 22.8 Å². The van der Waals surface area contributed by atoms with Crippen LogP contribution in [-0.4, -0.2) is 87.6 Å². The highest BCUT2D eigenvalue weighted by atomic mass is 127. The topological polar surface area (TPSA) is 183 Å². The van der Waals surface area contributed by atoms with Crippen LogP contribution in [0.3, 0.4) is 0 Å². The van der Waals surface area contributed by atoms with Crippen LogP contribution in [0.15, 0.2) is 48.5 Å². The minimum Gasteiger partial charge on any atom is -0.497 e. The molecule has 2 aromatic carbocycles. The van der Waals surface area contributed by atoms with Gasteiger partial charge in [0.15, 0.2) is 5.82 Å². The van der Waals surface area contributed by atoms with Crippen LogP contribution in [0.2, 0.25) is 0 Å². The molecule has 15 heteroatoms. The van der Waals surface area contributed by atoms with Gasteiger partial charge in [-0.05, 0) is 42.9 Å². The van der Waals surface area contributed by atoms with Crippen LogP contribution in [0.4, 0.5) is 0 Å². The fraction of sp³-hybridized carbons (Fsp3) is 0.485. The number of halogens is 1. The van der Waals surface area contributed by atoms with E-state index in [2.05, 4.69) is 10.0 Å². The third-order valence-corrected chi connectivity index (χ3v) is 12.4. The molecule has 256 valence electrons. The standard InChI is InChI=1S/C33H39IN6O7S/c1-32(2,3)26(35)30(42)40-17-20(15-24(40)28(41)38-33(16-25(33)34)31(43)39-48(44,45)21-11-12-21)47-29-22-14-19(46-4)10-13-23(22)36-27(37-29)18-8-6-5-7-9-18/h5-10,13-14,20-21,24-26H,11-12,15-17,35H2,1-4H3,(H,38,41)(H,39,43)/t20-,24?,25-,26-,33-/m1/s1. The fourth-order valence-corrected chi connectivity index (χ4v) is 8.22. The summed E-state index contributed by atoms with van der Waals surface area (Å²) < 4.78 is 38.9. The lowest BCUT2D eigenvalue weighted by molar-refractivity contribution is -0.142. The molecule has 2 aliphatic carbocycles. The highest BCUT2D eigenvalue weighted by Gasteiger charge is 2.62. The molecular formula is C33H39IN6O7S. The second kappa shape index (κ2) is 12.7. The molecule has 4 N–H and O–H groups in total. The van der Waals surface area contributed by atoms with Gasteiger partial charge >= 0.3 is 0 Å². The monoisotopic (exact) mass is 790 g/mol.